The topological polar surface area (TPSA) is 87.3 Å². The van der Waals surface area contributed by atoms with Gasteiger partial charge in [-0.25, -0.2) is 22.9 Å². The van der Waals surface area contributed by atoms with Gasteiger partial charge in [0.2, 0.25) is 0 Å². The van der Waals surface area contributed by atoms with Crippen LogP contribution in [0.25, 0.3) is 0 Å². The number of H-pyrrole nitrogens is 1. The number of aromatic nitrogens is 2. The lowest BCUT2D eigenvalue weighted by Gasteiger charge is -2.35. The molecule has 0 saturated carbocycles. The number of esters is 1. The molecule has 1 aromatic heterocycles. The highest BCUT2D eigenvalue weighted by molar-refractivity contribution is 5.81. The van der Waals surface area contributed by atoms with Crippen molar-refractivity contribution in [1.29, 1.82) is 0 Å². The molecule has 7 nitrogen and oxygen atoms in total. The van der Waals surface area contributed by atoms with Crippen LogP contribution >= 0.6 is 0 Å². The van der Waals surface area contributed by atoms with Crippen molar-refractivity contribution in [2.24, 2.45) is 0 Å². The molecule has 0 spiro atoms. The lowest BCUT2D eigenvalue weighted by atomic mass is 9.95. The van der Waals surface area contributed by atoms with Crippen LogP contribution < -0.4 is 5.32 Å². The van der Waals surface area contributed by atoms with E-state index in [0.717, 1.165) is 12.1 Å². The van der Waals surface area contributed by atoms with Gasteiger partial charge < -0.3 is 19.9 Å². The van der Waals surface area contributed by atoms with Gasteiger partial charge in [0.1, 0.15) is 12.6 Å². The number of nitrogens with zero attached hydrogens (tertiary/aromatic N) is 2. The molecule has 0 saturated heterocycles. The number of urea groups is 1. The predicted octanol–water partition coefficient (Wildman–Crippen LogP) is 1.66. The largest absolute Gasteiger partial charge is 0.468 e. The molecule has 1 aromatic carbocycles. The van der Waals surface area contributed by atoms with Crippen LogP contribution in [0.4, 0.5) is 18.0 Å². The molecule has 0 fully saturated rings. The third kappa shape index (κ3) is 3.09. The zero-order valence-electron chi connectivity index (χ0n) is 13.7. The molecule has 2 N–H and O–H groups in total. The van der Waals surface area contributed by atoms with E-state index in [2.05, 4.69) is 20.0 Å². The molecule has 26 heavy (non-hydrogen) atoms. The number of halogens is 3. The van der Waals surface area contributed by atoms with Gasteiger partial charge in [0.15, 0.2) is 17.5 Å². The van der Waals surface area contributed by atoms with Gasteiger partial charge in [-0.1, -0.05) is 6.07 Å². The smallest absolute Gasteiger partial charge is 0.325 e. The van der Waals surface area contributed by atoms with Gasteiger partial charge >= 0.3 is 12.0 Å². The summed E-state index contributed by atoms with van der Waals surface area (Å²) >= 11 is 0. The summed E-state index contributed by atoms with van der Waals surface area (Å²) in [6.07, 6.45) is 1.79. The molecule has 1 atom stereocenters. The molecule has 138 valence electrons. The lowest BCUT2D eigenvalue weighted by molar-refractivity contribution is -0.139. The first-order chi connectivity index (χ1) is 12.4. The zero-order chi connectivity index (χ0) is 18.8. The van der Waals surface area contributed by atoms with E-state index in [1.165, 1.54) is 18.3 Å². The molecular formula is C16H15F3N4O3. The monoisotopic (exact) mass is 368 g/mol. The number of imidazole rings is 1. The van der Waals surface area contributed by atoms with Gasteiger partial charge in [-0.2, -0.15) is 0 Å². The summed E-state index contributed by atoms with van der Waals surface area (Å²) in [7, 11) is 1.17. The van der Waals surface area contributed by atoms with Crippen molar-refractivity contribution in [2.45, 2.75) is 12.5 Å². The highest BCUT2D eigenvalue weighted by Crippen LogP contribution is 2.35. The quantitative estimate of drug-likeness (QED) is 0.637. The number of rotatable bonds is 3. The van der Waals surface area contributed by atoms with Gasteiger partial charge in [-0.15, -0.1) is 0 Å². The van der Waals surface area contributed by atoms with Crippen LogP contribution in [-0.2, 0) is 16.0 Å². The number of hydrogen-bond acceptors (Lipinski definition) is 4. The molecule has 2 amide bonds. The molecule has 2 aromatic rings. The Bertz CT molecular complexity index is 855. The summed E-state index contributed by atoms with van der Waals surface area (Å²) in [5, 5.41) is 2.36. The van der Waals surface area contributed by atoms with Crippen LogP contribution in [0.1, 0.15) is 23.0 Å². The number of benzene rings is 1. The number of ether oxygens (including phenoxy) is 1. The van der Waals surface area contributed by atoms with E-state index in [1.807, 2.05) is 0 Å². The SMILES string of the molecule is COC(=O)CNC(=O)N1CCc2[nH]cnc2[C@@H]1c1ccc(F)c(F)c1F. The maximum absolute atomic E-state index is 14.4. The third-order valence-corrected chi connectivity index (χ3v) is 4.16. The summed E-state index contributed by atoms with van der Waals surface area (Å²) in [6, 6.07) is 0.109. The van der Waals surface area contributed by atoms with Crippen LogP contribution in [-0.4, -0.2) is 47.1 Å². The average molecular weight is 368 g/mol. The first kappa shape index (κ1) is 17.8. The third-order valence-electron chi connectivity index (χ3n) is 4.16. The fourth-order valence-electron chi connectivity index (χ4n) is 2.88. The second-order valence-electron chi connectivity index (χ2n) is 5.61. The van der Waals surface area contributed by atoms with Crippen LogP contribution in [0.2, 0.25) is 0 Å². The van der Waals surface area contributed by atoms with E-state index in [1.54, 1.807) is 0 Å². The zero-order valence-corrected chi connectivity index (χ0v) is 13.7. The summed E-state index contributed by atoms with van der Waals surface area (Å²) in [5.41, 5.74) is 0.760. The number of fused-ring (bicyclic) bond motifs is 1. The Morgan fingerprint density at radius 3 is 2.85 bits per heavy atom. The van der Waals surface area contributed by atoms with Crippen molar-refractivity contribution in [3.8, 4) is 0 Å². The number of aromatic amines is 1. The maximum atomic E-state index is 14.4. The van der Waals surface area contributed by atoms with Crippen molar-refractivity contribution in [2.75, 3.05) is 20.2 Å². The van der Waals surface area contributed by atoms with E-state index in [0.29, 0.717) is 17.8 Å². The van der Waals surface area contributed by atoms with Crippen LogP contribution in [0.3, 0.4) is 0 Å². The number of amides is 2. The van der Waals surface area contributed by atoms with Crippen molar-refractivity contribution >= 4 is 12.0 Å². The Labute approximate surface area is 146 Å². The number of carbonyl (C=O) groups excluding carboxylic acids is 2. The number of hydrogen-bond donors (Lipinski definition) is 2. The van der Waals surface area contributed by atoms with Gasteiger partial charge in [0.25, 0.3) is 0 Å². The van der Waals surface area contributed by atoms with Crippen LogP contribution in [0.15, 0.2) is 18.5 Å². The highest BCUT2D eigenvalue weighted by Gasteiger charge is 2.36. The molecule has 0 radical (unpaired) electrons. The van der Waals surface area contributed by atoms with E-state index in [4.69, 9.17) is 0 Å². The number of nitrogens with one attached hydrogen (secondary N) is 2. The van der Waals surface area contributed by atoms with E-state index in [9.17, 15) is 22.8 Å². The van der Waals surface area contributed by atoms with Crippen molar-refractivity contribution in [3.05, 3.63) is 52.9 Å². The fraction of sp³-hybridized carbons (Fsp3) is 0.312. The minimum Gasteiger partial charge on any atom is -0.468 e. The van der Waals surface area contributed by atoms with E-state index < -0.39 is 35.5 Å². The van der Waals surface area contributed by atoms with Gasteiger partial charge in [0, 0.05) is 24.2 Å². The summed E-state index contributed by atoms with van der Waals surface area (Å²) < 4.78 is 45.8. The van der Waals surface area contributed by atoms with Crippen LogP contribution in [0.5, 0.6) is 0 Å². The average Bonchev–Trinajstić information content (AvgIpc) is 3.12. The fourth-order valence-corrected chi connectivity index (χ4v) is 2.88. The molecular weight excluding hydrogens is 353 g/mol. The Balaban J connectivity index is 1.98. The Hall–Kier alpha value is -3.04. The standard InChI is InChI=1S/C16H15F3N4O3/c1-26-11(24)6-20-16(25)23-5-4-10-14(22-7-21-10)15(23)8-2-3-9(17)13(19)12(8)18/h2-3,7,15H,4-6H2,1H3,(H,20,25)(H,21,22)/t15-/m0/s1. The maximum Gasteiger partial charge on any atom is 0.325 e. The minimum atomic E-state index is -1.62. The molecule has 0 unspecified atom stereocenters. The second kappa shape index (κ2) is 7.06. The van der Waals surface area contributed by atoms with Gasteiger partial charge in [-0.3, -0.25) is 4.79 Å². The summed E-state index contributed by atoms with van der Waals surface area (Å²) in [6.45, 7) is -0.225. The van der Waals surface area contributed by atoms with Crippen molar-refractivity contribution in [1.82, 2.24) is 20.2 Å². The molecule has 0 aliphatic carbocycles. The van der Waals surface area contributed by atoms with E-state index in [-0.39, 0.29) is 18.7 Å². The molecule has 1 aliphatic rings. The first-order valence-electron chi connectivity index (χ1n) is 7.70. The lowest BCUT2D eigenvalue weighted by Crippen LogP contribution is -2.47. The Morgan fingerprint density at radius 2 is 2.12 bits per heavy atom. The van der Waals surface area contributed by atoms with Gasteiger partial charge in [-0.05, 0) is 6.07 Å². The minimum absolute atomic E-state index is 0.158. The van der Waals surface area contributed by atoms with Crippen molar-refractivity contribution in [3.63, 3.8) is 0 Å². The number of carbonyl (C=O) groups is 2. The molecule has 2 heterocycles. The Kier molecular flexibility index (Phi) is 4.83. The highest BCUT2D eigenvalue weighted by atomic mass is 19.2. The van der Waals surface area contributed by atoms with E-state index >= 15 is 0 Å². The first-order valence-corrected chi connectivity index (χ1v) is 7.70. The predicted molar refractivity (Wildman–Crippen MR) is 82.6 cm³/mol. The van der Waals surface area contributed by atoms with Gasteiger partial charge in [0.05, 0.1) is 19.1 Å². The van der Waals surface area contributed by atoms with Crippen LogP contribution in [0, 0.1) is 17.5 Å². The Morgan fingerprint density at radius 1 is 1.35 bits per heavy atom. The summed E-state index contributed by atoms with van der Waals surface area (Å²) in [4.78, 5) is 31.9. The molecule has 0 bridgehead atoms. The van der Waals surface area contributed by atoms with Crippen molar-refractivity contribution < 1.29 is 27.5 Å². The number of methoxy groups -OCH3 is 1. The molecule has 10 heteroatoms. The normalized spacial score (nSPS) is 16.2. The molecule has 3 rings (SSSR count). The molecule has 1 aliphatic heterocycles. The second-order valence-corrected chi connectivity index (χ2v) is 5.61. The summed E-state index contributed by atoms with van der Waals surface area (Å²) in [5.74, 6) is -5.01.